The standard InChI is InChI=1S/C39H42N2/c1-24-20-28(5)38(29(6)21-24)40-34-16-12-32(13-17-34)37(36-26(3)10-9-11-27(36)4)33-14-18-35(19-15-33)41-39-30(7)22-25(2)23-31(39)8/h9-23,37,40-41H,1-8H3. The lowest BCUT2D eigenvalue weighted by Gasteiger charge is -2.24. The third-order valence-corrected chi connectivity index (χ3v) is 8.21. The molecule has 0 bridgehead atoms. The highest BCUT2D eigenvalue weighted by Crippen LogP contribution is 2.38. The van der Waals surface area contributed by atoms with Crippen molar-refractivity contribution in [1.29, 1.82) is 0 Å². The summed E-state index contributed by atoms with van der Waals surface area (Å²) >= 11 is 0. The van der Waals surface area contributed by atoms with Crippen LogP contribution in [0.1, 0.15) is 67.1 Å². The molecule has 5 aromatic carbocycles. The molecule has 0 aliphatic carbocycles. The van der Waals surface area contributed by atoms with E-state index in [1.165, 1.54) is 72.6 Å². The second-order valence-corrected chi connectivity index (χ2v) is 11.8. The number of hydrogen-bond acceptors (Lipinski definition) is 2. The first-order chi connectivity index (χ1) is 19.6. The summed E-state index contributed by atoms with van der Waals surface area (Å²) in [5.74, 6) is 0.144. The summed E-state index contributed by atoms with van der Waals surface area (Å²) in [6.45, 7) is 17.5. The van der Waals surface area contributed by atoms with Crippen molar-refractivity contribution in [3.05, 3.63) is 152 Å². The Bertz CT molecular complexity index is 1520. The molecular formula is C39H42N2. The number of benzene rings is 5. The van der Waals surface area contributed by atoms with Gasteiger partial charge in [0.05, 0.1) is 0 Å². The quantitative estimate of drug-likeness (QED) is 0.201. The summed E-state index contributed by atoms with van der Waals surface area (Å²) in [4.78, 5) is 0. The lowest BCUT2D eigenvalue weighted by Crippen LogP contribution is -2.08. The molecule has 0 fully saturated rings. The molecule has 0 aliphatic heterocycles. The van der Waals surface area contributed by atoms with Gasteiger partial charge in [-0.25, -0.2) is 0 Å². The average Bonchev–Trinajstić information content (AvgIpc) is 2.91. The van der Waals surface area contributed by atoms with Crippen molar-refractivity contribution >= 4 is 22.7 Å². The van der Waals surface area contributed by atoms with Crippen molar-refractivity contribution in [1.82, 2.24) is 0 Å². The molecule has 208 valence electrons. The van der Waals surface area contributed by atoms with E-state index < -0.39 is 0 Å². The van der Waals surface area contributed by atoms with Gasteiger partial charge in [0.15, 0.2) is 0 Å². The number of nitrogens with one attached hydrogen (secondary N) is 2. The van der Waals surface area contributed by atoms with Crippen molar-refractivity contribution in [2.45, 2.75) is 61.3 Å². The molecule has 0 heterocycles. The summed E-state index contributed by atoms with van der Waals surface area (Å²) in [7, 11) is 0. The predicted molar refractivity (Wildman–Crippen MR) is 178 cm³/mol. The first kappa shape index (κ1) is 28.2. The van der Waals surface area contributed by atoms with E-state index >= 15 is 0 Å². The first-order valence-electron chi connectivity index (χ1n) is 14.6. The Labute approximate surface area is 246 Å². The first-order valence-corrected chi connectivity index (χ1v) is 14.6. The van der Waals surface area contributed by atoms with Gasteiger partial charge in [0.1, 0.15) is 0 Å². The largest absolute Gasteiger partial charge is 0.355 e. The molecule has 0 amide bonds. The van der Waals surface area contributed by atoms with E-state index in [1.54, 1.807) is 0 Å². The molecule has 0 radical (unpaired) electrons. The zero-order chi connectivity index (χ0) is 29.3. The van der Waals surface area contributed by atoms with E-state index in [-0.39, 0.29) is 5.92 Å². The molecule has 2 N–H and O–H groups in total. The maximum Gasteiger partial charge on any atom is 0.0443 e. The second kappa shape index (κ2) is 11.7. The van der Waals surface area contributed by atoms with Gasteiger partial charge < -0.3 is 10.6 Å². The maximum absolute atomic E-state index is 3.67. The lowest BCUT2D eigenvalue weighted by molar-refractivity contribution is 0.948. The zero-order valence-corrected chi connectivity index (χ0v) is 25.7. The summed E-state index contributed by atoms with van der Waals surface area (Å²) in [5, 5.41) is 7.34. The Balaban J connectivity index is 1.49. The molecule has 2 nitrogen and oxygen atoms in total. The highest BCUT2D eigenvalue weighted by atomic mass is 14.9. The Morgan fingerprint density at radius 2 is 0.756 bits per heavy atom. The van der Waals surface area contributed by atoms with E-state index in [0.717, 1.165) is 11.4 Å². The van der Waals surface area contributed by atoms with Gasteiger partial charge in [-0.3, -0.25) is 0 Å². The van der Waals surface area contributed by atoms with Crippen LogP contribution in [0.15, 0.2) is 91.0 Å². The molecule has 0 saturated heterocycles. The van der Waals surface area contributed by atoms with Crippen LogP contribution in [0.25, 0.3) is 0 Å². The van der Waals surface area contributed by atoms with E-state index in [2.05, 4.69) is 157 Å². The van der Waals surface area contributed by atoms with E-state index in [9.17, 15) is 0 Å². The molecule has 2 heteroatoms. The van der Waals surface area contributed by atoms with E-state index in [4.69, 9.17) is 0 Å². The molecule has 5 rings (SSSR count). The fraction of sp³-hybridized carbons (Fsp3) is 0.231. The van der Waals surface area contributed by atoms with E-state index in [0.29, 0.717) is 0 Å². The molecule has 0 aliphatic rings. The Kier molecular flexibility index (Phi) is 8.03. The van der Waals surface area contributed by atoms with Gasteiger partial charge in [0, 0.05) is 28.7 Å². The summed E-state index contributed by atoms with van der Waals surface area (Å²) in [6, 6.07) is 33.5. The number of anilines is 4. The fourth-order valence-corrected chi connectivity index (χ4v) is 6.37. The molecule has 0 spiro atoms. The molecular weight excluding hydrogens is 496 g/mol. The highest BCUT2D eigenvalue weighted by molar-refractivity contribution is 5.69. The van der Waals surface area contributed by atoms with Gasteiger partial charge in [0.2, 0.25) is 0 Å². The minimum absolute atomic E-state index is 0.144. The van der Waals surface area contributed by atoms with Crippen molar-refractivity contribution in [2.75, 3.05) is 10.6 Å². The summed E-state index contributed by atoms with van der Waals surface area (Å²) in [5.41, 5.74) is 18.8. The molecule has 0 saturated carbocycles. The third-order valence-electron chi connectivity index (χ3n) is 8.21. The van der Waals surface area contributed by atoms with Crippen LogP contribution in [-0.4, -0.2) is 0 Å². The van der Waals surface area contributed by atoms with Gasteiger partial charge >= 0.3 is 0 Å². The molecule has 0 aromatic heterocycles. The normalized spacial score (nSPS) is 11.1. The van der Waals surface area contributed by atoms with Crippen molar-refractivity contribution < 1.29 is 0 Å². The van der Waals surface area contributed by atoms with Crippen LogP contribution in [0.3, 0.4) is 0 Å². The predicted octanol–water partition coefficient (Wildman–Crippen LogP) is 10.8. The third kappa shape index (κ3) is 6.07. The fourth-order valence-electron chi connectivity index (χ4n) is 6.37. The van der Waals surface area contributed by atoms with Gasteiger partial charge in [-0.1, -0.05) is 77.9 Å². The van der Waals surface area contributed by atoms with Crippen LogP contribution < -0.4 is 10.6 Å². The molecule has 0 unspecified atom stereocenters. The maximum atomic E-state index is 3.67. The van der Waals surface area contributed by atoms with Gasteiger partial charge in [-0.15, -0.1) is 0 Å². The van der Waals surface area contributed by atoms with Crippen LogP contribution >= 0.6 is 0 Å². The minimum atomic E-state index is 0.144. The molecule has 5 aromatic rings. The Morgan fingerprint density at radius 1 is 0.415 bits per heavy atom. The van der Waals surface area contributed by atoms with Crippen LogP contribution in [0.5, 0.6) is 0 Å². The van der Waals surface area contributed by atoms with Crippen LogP contribution in [0, 0.1) is 55.4 Å². The van der Waals surface area contributed by atoms with Gasteiger partial charge in [-0.05, 0) is 130 Å². The van der Waals surface area contributed by atoms with Crippen LogP contribution in [0.2, 0.25) is 0 Å². The Morgan fingerprint density at radius 3 is 1.10 bits per heavy atom. The number of aryl methyl sites for hydroxylation is 8. The second-order valence-electron chi connectivity index (χ2n) is 11.8. The average molecular weight is 539 g/mol. The summed E-state index contributed by atoms with van der Waals surface area (Å²) < 4.78 is 0. The smallest absolute Gasteiger partial charge is 0.0443 e. The summed E-state index contributed by atoms with van der Waals surface area (Å²) in [6.07, 6.45) is 0. The SMILES string of the molecule is Cc1cc(C)c(Nc2ccc(C(c3ccc(Nc4c(C)cc(C)cc4C)cc3)c3c(C)cccc3C)cc2)c(C)c1. The zero-order valence-electron chi connectivity index (χ0n) is 25.7. The van der Waals surface area contributed by atoms with Crippen LogP contribution in [0.4, 0.5) is 22.7 Å². The Hall–Kier alpha value is -4.30. The highest BCUT2D eigenvalue weighted by Gasteiger charge is 2.21. The topological polar surface area (TPSA) is 24.1 Å². The van der Waals surface area contributed by atoms with Crippen molar-refractivity contribution in [3.63, 3.8) is 0 Å². The minimum Gasteiger partial charge on any atom is -0.355 e. The monoisotopic (exact) mass is 538 g/mol. The van der Waals surface area contributed by atoms with Gasteiger partial charge in [0.25, 0.3) is 0 Å². The van der Waals surface area contributed by atoms with Crippen LogP contribution in [-0.2, 0) is 0 Å². The van der Waals surface area contributed by atoms with Gasteiger partial charge in [-0.2, -0.15) is 0 Å². The lowest BCUT2D eigenvalue weighted by atomic mass is 9.81. The van der Waals surface area contributed by atoms with Crippen molar-refractivity contribution in [2.24, 2.45) is 0 Å². The number of rotatable bonds is 7. The van der Waals surface area contributed by atoms with E-state index in [1.807, 2.05) is 0 Å². The van der Waals surface area contributed by atoms with Crippen molar-refractivity contribution in [3.8, 4) is 0 Å². The molecule has 0 atom stereocenters. The molecule has 41 heavy (non-hydrogen) atoms. The number of hydrogen-bond donors (Lipinski definition) is 2.